The minimum Gasteiger partial charge on any atom is -0.424 e. The fourth-order valence-corrected chi connectivity index (χ4v) is 3.58. The third kappa shape index (κ3) is 5.16. The molecule has 0 spiro atoms. The molecule has 0 aromatic heterocycles. The van der Waals surface area contributed by atoms with Crippen molar-refractivity contribution in [3.63, 3.8) is 0 Å². The lowest BCUT2D eigenvalue weighted by Gasteiger charge is -2.23. The van der Waals surface area contributed by atoms with Crippen molar-refractivity contribution in [2.24, 2.45) is 5.41 Å². The number of carbonyl (C=O) groups is 1. The summed E-state index contributed by atoms with van der Waals surface area (Å²) >= 11 is 0. The molecule has 0 heterocycles. The monoisotopic (exact) mass is 401 g/mol. The van der Waals surface area contributed by atoms with Crippen LogP contribution in [0.4, 0.5) is 18.9 Å². The van der Waals surface area contributed by atoms with Gasteiger partial charge in [-0.1, -0.05) is 20.8 Å². The lowest BCUT2D eigenvalue weighted by molar-refractivity contribution is -0.124. The Morgan fingerprint density at radius 1 is 1.08 bits per heavy atom. The maximum atomic E-state index is 12.2. The van der Waals surface area contributed by atoms with E-state index in [0.29, 0.717) is 6.42 Å². The second-order valence-electron chi connectivity index (χ2n) is 5.69. The summed E-state index contributed by atoms with van der Waals surface area (Å²) in [6.07, 6.45) is 0.541. The van der Waals surface area contributed by atoms with E-state index in [2.05, 4.69) is 5.32 Å². The van der Waals surface area contributed by atoms with Crippen LogP contribution in [-0.2, 0) is 24.8 Å². The molecule has 0 aliphatic rings. The standard InChI is InChI=1S/C13H16F3N2O5S2/c1-4-12(2,3)11(19)17-9-5-7-10(8-6-9)24(20,21)18-25(22,23)13(14,15)16/h5-8H,4H2,1-3H3,(H,17,19)/q-1. The third-order valence-electron chi connectivity index (χ3n) is 3.40. The minimum atomic E-state index is -6.19. The first-order valence-electron chi connectivity index (χ1n) is 6.84. The van der Waals surface area contributed by atoms with Gasteiger partial charge in [-0.05, 0) is 30.7 Å². The second-order valence-corrected chi connectivity index (χ2v) is 9.12. The first kappa shape index (κ1) is 21.4. The molecule has 12 heteroatoms. The van der Waals surface area contributed by atoms with Crippen LogP contribution in [0.3, 0.4) is 0 Å². The summed E-state index contributed by atoms with van der Waals surface area (Å²) < 4.78 is 83.8. The Hall–Kier alpha value is -1.66. The van der Waals surface area contributed by atoms with E-state index in [0.717, 1.165) is 24.3 Å². The van der Waals surface area contributed by atoms with E-state index in [1.165, 1.54) is 0 Å². The Labute approximate surface area is 143 Å². The number of anilines is 1. The number of carbonyl (C=O) groups excluding carboxylic acids is 1. The van der Waals surface area contributed by atoms with E-state index >= 15 is 0 Å². The first-order chi connectivity index (χ1) is 11.1. The van der Waals surface area contributed by atoms with Crippen LogP contribution in [0.5, 0.6) is 0 Å². The number of hydrogen-bond acceptors (Lipinski definition) is 5. The van der Waals surface area contributed by atoms with Gasteiger partial charge in [-0.2, -0.15) is 13.2 Å². The molecule has 142 valence electrons. The summed E-state index contributed by atoms with van der Waals surface area (Å²) in [5.74, 6) is -0.338. The maximum Gasteiger partial charge on any atom is 0.480 e. The van der Waals surface area contributed by atoms with Gasteiger partial charge in [0.05, 0.1) is 0 Å². The van der Waals surface area contributed by atoms with Crippen LogP contribution < -0.4 is 5.32 Å². The van der Waals surface area contributed by atoms with Gasteiger partial charge in [0.25, 0.3) is 0 Å². The van der Waals surface area contributed by atoms with Gasteiger partial charge < -0.3 is 9.44 Å². The molecule has 0 atom stereocenters. The predicted molar refractivity (Wildman–Crippen MR) is 84.7 cm³/mol. The molecule has 1 N–H and O–H groups in total. The highest BCUT2D eigenvalue weighted by molar-refractivity contribution is 8.12. The van der Waals surface area contributed by atoms with Crippen LogP contribution in [0.15, 0.2) is 29.2 Å². The average molecular weight is 401 g/mol. The quantitative estimate of drug-likeness (QED) is 0.788. The van der Waals surface area contributed by atoms with Gasteiger partial charge in [0.2, 0.25) is 5.91 Å². The molecular formula is C13H16F3N2O5S2-. The minimum absolute atomic E-state index is 0.198. The second kappa shape index (κ2) is 6.92. The predicted octanol–water partition coefficient (Wildman–Crippen LogP) is 2.97. The van der Waals surface area contributed by atoms with Gasteiger partial charge in [-0.25, -0.2) is 16.8 Å². The number of benzene rings is 1. The molecule has 25 heavy (non-hydrogen) atoms. The summed E-state index contributed by atoms with van der Waals surface area (Å²) in [5.41, 5.74) is -6.30. The number of amides is 1. The number of rotatable bonds is 6. The number of sulfonamides is 2. The fourth-order valence-electron chi connectivity index (χ4n) is 1.39. The molecular weight excluding hydrogens is 385 g/mol. The molecule has 0 radical (unpaired) electrons. The number of halogens is 3. The largest absolute Gasteiger partial charge is 0.480 e. The van der Waals surface area contributed by atoms with Gasteiger partial charge in [0.1, 0.15) is 10.0 Å². The summed E-state index contributed by atoms with van der Waals surface area (Å²) in [6.45, 7) is 5.20. The summed E-state index contributed by atoms with van der Waals surface area (Å²) in [6, 6.07) is 3.93. The highest BCUT2D eigenvalue weighted by Gasteiger charge is 2.40. The molecule has 0 unspecified atom stereocenters. The van der Waals surface area contributed by atoms with Gasteiger partial charge in [-0.15, -0.1) is 0 Å². The number of alkyl halides is 3. The molecule has 1 aromatic rings. The molecule has 0 aliphatic heterocycles. The van der Waals surface area contributed by atoms with E-state index in [9.17, 15) is 34.8 Å². The maximum absolute atomic E-state index is 12.2. The van der Waals surface area contributed by atoms with Crippen LogP contribution in [0, 0.1) is 5.41 Å². The zero-order chi connectivity index (χ0) is 19.7. The molecule has 0 aliphatic carbocycles. The van der Waals surface area contributed by atoms with Crippen LogP contribution in [0.2, 0.25) is 0 Å². The molecule has 1 amide bonds. The molecule has 0 saturated heterocycles. The highest BCUT2D eigenvalue weighted by Crippen LogP contribution is 2.32. The van der Waals surface area contributed by atoms with Crippen LogP contribution >= 0.6 is 0 Å². The van der Waals surface area contributed by atoms with E-state index in [1.807, 2.05) is 4.13 Å². The van der Waals surface area contributed by atoms with Crippen molar-refractivity contribution >= 4 is 31.6 Å². The lowest BCUT2D eigenvalue weighted by Crippen LogP contribution is -2.29. The van der Waals surface area contributed by atoms with Crippen molar-refractivity contribution in [1.29, 1.82) is 0 Å². The SMILES string of the molecule is CCC(C)(C)C(=O)Nc1ccc(S(=O)(=O)[N-]S(=O)(=O)C(F)(F)F)cc1. The molecule has 1 rings (SSSR count). The number of nitrogens with zero attached hydrogens (tertiary/aromatic N) is 1. The molecule has 7 nitrogen and oxygen atoms in total. The van der Waals surface area contributed by atoms with Crippen molar-refractivity contribution in [1.82, 2.24) is 0 Å². The Kier molecular flexibility index (Phi) is 5.92. The van der Waals surface area contributed by atoms with Crippen LogP contribution in [0.25, 0.3) is 4.13 Å². The van der Waals surface area contributed by atoms with Gasteiger partial charge in [-0.3, -0.25) is 4.79 Å². The van der Waals surface area contributed by atoms with Crippen molar-refractivity contribution in [2.75, 3.05) is 5.32 Å². The van der Waals surface area contributed by atoms with Crippen LogP contribution in [0.1, 0.15) is 27.2 Å². The van der Waals surface area contributed by atoms with Crippen molar-refractivity contribution in [2.45, 2.75) is 37.6 Å². The average Bonchev–Trinajstić information content (AvgIpc) is 2.45. The van der Waals surface area contributed by atoms with Crippen molar-refractivity contribution in [3.05, 3.63) is 28.4 Å². The molecule has 0 fully saturated rings. The number of hydrogen-bond donors (Lipinski definition) is 1. The summed E-state index contributed by atoms with van der Waals surface area (Å²) in [4.78, 5) is 11.2. The number of nitrogens with one attached hydrogen (secondary N) is 1. The summed E-state index contributed by atoms with van der Waals surface area (Å²) in [7, 11) is -11.3. The van der Waals surface area contributed by atoms with Gasteiger partial charge in [0, 0.05) is 16.0 Å². The van der Waals surface area contributed by atoms with E-state index in [4.69, 9.17) is 0 Å². The third-order valence-corrected chi connectivity index (χ3v) is 6.42. The Bertz CT molecular complexity index is 845. The molecule has 1 aromatic carbocycles. The van der Waals surface area contributed by atoms with Crippen molar-refractivity contribution in [3.8, 4) is 0 Å². The summed E-state index contributed by atoms with van der Waals surface area (Å²) in [5, 5.41) is 2.52. The Balaban J connectivity index is 3.01. The highest BCUT2D eigenvalue weighted by atomic mass is 32.3. The lowest BCUT2D eigenvalue weighted by atomic mass is 9.89. The Morgan fingerprint density at radius 3 is 1.96 bits per heavy atom. The zero-order valence-corrected chi connectivity index (χ0v) is 15.1. The topological polar surface area (TPSA) is 111 Å². The first-order valence-corrected chi connectivity index (χ1v) is 9.72. The Morgan fingerprint density at radius 2 is 1.56 bits per heavy atom. The molecule has 0 saturated carbocycles. The fraction of sp³-hybridized carbons (Fsp3) is 0.462. The van der Waals surface area contributed by atoms with E-state index in [1.54, 1.807) is 20.8 Å². The van der Waals surface area contributed by atoms with Gasteiger partial charge >= 0.3 is 5.51 Å². The van der Waals surface area contributed by atoms with E-state index in [-0.39, 0.29) is 11.6 Å². The van der Waals surface area contributed by atoms with E-state index < -0.39 is 35.9 Å². The van der Waals surface area contributed by atoms with Gasteiger partial charge in [0.15, 0.2) is 10.0 Å². The zero-order valence-electron chi connectivity index (χ0n) is 13.5. The van der Waals surface area contributed by atoms with Crippen LogP contribution in [-0.4, -0.2) is 28.3 Å². The smallest absolute Gasteiger partial charge is 0.424 e. The molecule has 0 bridgehead atoms. The normalized spacial score (nSPS) is 13.5. The van der Waals surface area contributed by atoms with Crippen molar-refractivity contribution < 1.29 is 34.8 Å².